The van der Waals surface area contributed by atoms with Crippen molar-refractivity contribution in [3.05, 3.63) is 16.1 Å². The number of methoxy groups -OCH3 is 1. The van der Waals surface area contributed by atoms with Crippen LogP contribution in [0.2, 0.25) is 0 Å². The van der Waals surface area contributed by atoms with Crippen molar-refractivity contribution in [3.8, 4) is 0 Å². The summed E-state index contributed by atoms with van der Waals surface area (Å²) in [5.41, 5.74) is 0.946. The highest BCUT2D eigenvalue weighted by atomic mass is 32.1. The second-order valence-electron chi connectivity index (χ2n) is 5.86. The van der Waals surface area contributed by atoms with Crippen molar-refractivity contribution in [2.45, 2.75) is 51.1 Å². The normalized spacial score (nSPS) is 18.6. The van der Waals surface area contributed by atoms with Crippen molar-refractivity contribution in [3.63, 3.8) is 0 Å². The fourth-order valence-corrected chi connectivity index (χ4v) is 3.92. The van der Waals surface area contributed by atoms with Gasteiger partial charge in [0.15, 0.2) is 0 Å². The highest BCUT2D eigenvalue weighted by molar-refractivity contribution is 7.09. The van der Waals surface area contributed by atoms with Crippen LogP contribution in [0.4, 0.5) is 0 Å². The average Bonchev–Trinajstić information content (AvgIpc) is 3.06. The van der Waals surface area contributed by atoms with E-state index in [9.17, 15) is 4.79 Å². The van der Waals surface area contributed by atoms with Gasteiger partial charge in [0, 0.05) is 24.2 Å². The van der Waals surface area contributed by atoms with E-state index in [0.717, 1.165) is 23.5 Å². The molecule has 1 fully saturated rings. The molecule has 2 N–H and O–H groups in total. The Bertz CT molecular complexity index is 469. The molecule has 0 aromatic carbocycles. The Labute approximate surface area is 130 Å². The number of nitrogens with zero attached hydrogens (tertiary/aromatic N) is 1. The van der Waals surface area contributed by atoms with Crippen LogP contribution in [-0.2, 0) is 15.1 Å². The lowest BCUT2D eigenvalue weighted by Gasteiger charge is -2.28. The van der Waals surface area contributed by atoms with Crippen molar-refractivity contribution in [2.75, 3.05) is 20.3 Å². The zero-order chi connectivity index (χ0) is 15.3. The maximum atomic E-state index is 12.0. The molecule has 1 saturated carbocycles. The number of nitrogens with one attached hydrogen (secondary N) is 2. The Kier molecular flexibility index (Phi) is 5.72. The van der Waals surface area contributed by atoms with Gasteiger partial charge < -0.3 is 10.1 Å². The van der Waals surface area contributed by atoms with E-state index in [1.165, 1.54) is 12.8 Å². The van der Waals surface area contributed by atoms with Gasteiger partial charge in [-0.3, -0.25) is 10.1 Å². The molecule has 0 bridgehead atoms. The van der Waals surface area contributed by atoms with Gasteiger partial charge >= 0.3 is 0 Å². The smallest absolute Gasteiger partial charge is 0.234 e. The molecule has 0 unspecified atom stereocenters. The van der Waals surface area contributed by atoms with Gasteiger partial charge in [0.2, 0.25) is 5.91 Å². The summed E-state index contributed by atoms with van der Waals surface area (Å²) in [6.45, 7) is 4.81. The van der Waals surface area contributed by atoms with Crippen molar-refractivity contribution in [1.82, 2.24) is 15.6 Å². The summed E-state index contributed by atoms with van der Waals surface area (Å²) in [5, 5.41) is 9.60. The molecule has 2 rings (SSSR count). The molecule has 0 aliphatic heterocycles. The number of thiazole rings is 1. The van der Waals surface area contributed by atoms with E-state index in [1.807, 2.05) is 13.8 Å². The summed E-state index contributed by atoms with van der Waals surface area (Å²) in [7, 11) is 1.64. The Morgan fingerprint density at radius 3 is 2.81 bits per heavy atom. The Hall–Kier alpha value is -0.980. The second kappa shape index (κ2) is 7.33. The summed E-state index contributed by atoms with van der Waals surface area (Å²) in [6.07, 6.45) is 4.49. The molecule has 1 aliphatic carbocycles. The van der Waals surface area contributed by atoms with Gasteiger partial charge in [0.1, 0.15) is 5.01 Å². The van der Waals surface area contributed by atoms with Crippen LogP contribution >= 0.6 is 11.3 Å². The highest BCUT2D eigenvalue weighted by Gasteiger charge is 2.38. The highest BCUT2D eigenvalue weighted by Crippen LogP contribution is 2.39. The van der Waals surface area contributed by atoms with Crippen molar-refractivity contribution in [2.24, 2.45) is 0 Å². The van der Waals surface area contributed by atoms with Gasteiger partial charge in [-0.05, 0) is 26.7 Å². The molecule has 1 aromatic heterocycles. The first kappa shape index (κ1) is 16.4. The monoisotopic (exact) mass is 311 g/mol. The van der Waals surface area contributed by atoms with Crippen molar-refractivity contribution < 1.29 is 9.53 Å². The van der Waals surface area contributed by atoms with Crippen LogP contribution in [-0.4, -0.2) is 37.2 Å². The van der Waals surface area contributed by atoms with E-state index in [1.54, 1.807) is 18.4 Å². The van der Waals surface area contributed by atoms with Gasteiger partial charge in [0.25, 0.3) is 0 Å². The summed E-state index contributed by atoms with van der Waals surface area (Å²) in [4.78, 5) is 16.7. The molecule has 118 valence electrons. The predicted molar refractivity (Wildman–Crippen MR) is 84.5 cm³/mol. The van der Waals surface area contributed by atoms with Crippen LogP contribution in [0, 0.1) is 6.92 Å². The first-order valence-corrected chi connectivity index (χ1v) is 8.39. The number of carbonyl (C=O) groups is 1. The lowest BCUT2D eigenvalue weighted by molar-refractivity contribution is -0.121. The quantitative estimate of drug-likeness (QED) is 0.808. The molecular weight excluding hydrogens is 286 g/mol. The van der Waals surface area contributed by atoms with Gasteiger partial charge in [-0.2, -0.15) is 0 Å². The predicted octanol–water partition coefficient (Wildman–Crippen LogP) is 1.96. The van der Waals surface area contributed by atoms with Crippen LogP contribution in [0.5, 0.6) is 0 Å². The Morgan fingerprint density at radius 2 is 2.24 bits per heavy atom. The maximum Gasteiger partial charge on any atom is 0.234 e. The summed E-state index contributed by atoms with van der Waals surface area (Å²) < 4.78 is 5.03. The average molecular weight is 311 g/mol. The third-order valence-electron chi connectivity index (χ3n) is 3.90. The van der Waals surface area contributed by atoms with E-state index in [4.69, 9.17) is 4.74 Å². The molecule has 1 amide bonds. The Balaban J connectivity index is 1.93. The standard InChI is InChI=1S/C15H25N3O2S/c1-11(9-20-3)17-13(19)8-16-15(6-4-5-7-15)14-18-12(2)10-21-14/h10-11,16H,4-9H2,1-3H3,(H,17,19)/t11-/m1/s1. The minimum absolute atomic E-state index is 0.0131. The SMILES string of the molecule is COC[C@@H](C)NC(=O)CNC1(c2nc(C)cs2)CCCC1. The number of ether oxygens (including phenoxy) is 1. The summed E-state index contributed by atoms with van der Waals surface area (Å²) >= 11 is 1.69. The minimum atomic E-state index is -0.110. The third kappa shape index (κ3) is 4.25. The van der Waals surface area contributed by atoms with Gasteiger partial charge in [-0.1, -0.05) is 12.8 Å². The lowest BCUT2D eigenvalue weighted by atomic mass is 9.98. The third-order valence-corrected chi connectivity index (χ3v) is 5.06. The van der Waals surface area contributed by atoms with Crippen LogP contribution in [0.1, 0.15) is 43.3 Å². The first-order chi connectivity index (χ1) is 10.1. The number of amides is 1. The van der Waals surface area contributed by atoms with E-state index in [-0.39, 0.29) is 17.5 Å². The topological polar surface area (TPSA) is 63.2 Å². The van der Waals surface area contributed by atoms with Crippen LogP contribution < -0.4 is 10.6 Å². The zero-order valence-electron chi connectivity index (χ0n) is 13.1. The van der Waals surface area contributed by atoms with E-state index >= 15 is 0 Å². The number of aryl methyl sites for hydroxylation is 1. The first-order valence-electron chi connectivity index (χ1n) is 7.52. The molecule has 0 saturated heterocycles. The fourth-order valence-electron chi connectivity index (χ4n) is 2.89. The van der Waals surface area contributed by atoms with E-state index in [0.29, 0.717) is 13.2 Å². The number of rotatable bonds is 7. The number of hydrogen-bond donors (Lipinski definition) is 2. The summed E-state index contributed by atoms with van der Waals surface area (Å²) in [6, 6.07) is 0.0333. The van der Waals surface area contributed by atoms with E-state index in [2.05, 4.69) is 21.0 Å². The van der Waals surface area contributed by atoms with Crippen molar-refractivity contribution >= 4 is 17.2 Å². The number of aromatic nitrogens is 1. The number of hydrogen-bond acceptors (Lipinski definition) is 5. The maximum absolute atomic E-state index is 12.0. The van der Waals surface area contributed by atoms with Gasteiger partial charge in [-0.25, -0.2) is 4.98 Å². The second-order valence-corrected chi connectivity index (χ2v) is 6.72. The molecule has 0 radical (unpaired) electrons. The molecule has 0 spiro atoms. The molecule has 1 aliphatic rings. The molecule has 1 atom stereocenters. The minimum Gasteiger partial charge on any atom is -0.383 e. The molecule has 6 heteroatoms. The molecule has 21 heavy (non-hydrogen) atoms. The summed E-state index contributed by atoms with van der Waals surface area (Å²) in [5.74, 6) is 0.0131. The zero-order valence-corrected chi connectivity index (χ0v) is 13.9. The van der Waals surface area contributed by atoms with Crippen LogP contribution in [0.15, 0.2) is 5.38 Å². The fraction of sp³-hybridized carbons (Fsp3) is 0.733. The van der Waals surface area contributed by atoms with Gasteiger partial charge in [-0.15, -0.1) is 11.3 Å². The van der Waals surface area contributed by atoms with E-state index < -0.39 is 0 Å². The lowest BCUT2D eigenvalue weighted by Crippen LogP contribution is -2.47. The molecule has 1 aromatic rings. The largest absolute Gasteiger partial charge is 0.383 e. The molecule has 5 nitrogen and oxygen atoms in total. The molecule has 1 heterocycles. The van der Waals surface area contributed by atoms with Crippen molar-refractivity contribution in [1.29, 1.82) is 0 Å². The molecular formula is C15H25N3O2S. The Morgan fingerprint density at radius 1 is 1.52 bits per heavy atom. The number of carbonyl (C=O) groups excluding carboxylic acids is 1. The van der Waals surface area contributed by atoms with Gasteiger partial charge in [0.05, 0.1) is 18.7 Å². The van der Waals surface area contributed by atoms with Crippen LogP contribution in [0.3, 0.4) is 0 Å². The van der Waals surface area contributed by atoms with Crippen LogP contribution in [0.25, 0.3) is 0 Å².